The maximum Gasteiger partial charge on any atom is 0.339 e. The van der Waals surface area contributed by atoms with Crippen LogP contribution in [0.25, 0.3) is 10.9 Å². The molecule has 0 aliphatic heterocycles. The molecule has 0 radical (unpaired) electrons. The van der Waals surface area contributed by atoms with Gasteiger partial charge < -0.3 is 20.3 Å². The predicted octanol–water partition coefficient (Wildman–Crippen LogP) is 3.16. The first-order valence-electron chi connectivity index (χ1n) is 8.14. The van der Waals surface area contributed by atoms with E-state index in [2.05, 4.69) is 4.98 Å². The number of nitrogens with zero attached hydrogens (tertiary/aromatic N) is 1. The van der Waals surface area contributed by atoms with E-state index in [9.17, 15) is 9.90 Å². The molecule has 3 rings (SSSR count). The summed E-state index contributed by atoms with van der Waals surface area (Å²) < 4.78 is 11.7. The fraction of sp³-hybridized carbons (Fsp3) is 0.444. The van der Waals surface area contributed by atoms with Crippen molar-refractivity contribution in [1.82, 2.24) is 4.98 Å². The van der Waals surface area contributed by atoms with Gasteiger partial charge in [-0.2, -0.15) is 0 Å². The average Bonchev–Trinajstić information content (AvgIpc) is 2.54. The van der Waals surface area contributed by atoms with E-state index >= 15 is 0 Å². The Morgan fingerprint density at radius 2 is 2.00 bits per heavy atom. The van der Waals surface area contributed by atoms with Crippen molar-refractivity contribution >= 4 is 22.6 Å². The van der Waals surface area contributed by atoms with Crippen LogP contribution >= 0.6 is 0 Å². The lowest BCUT2D eigenvalue weighted by Crippen LogP contribution is -2.36. The number of rotatable bonds is 4. The van der Waals surface area contributed by atoms with E-state index in [1.807, 2.05) is 18.2 Å². The standard InChI is InChI=1S/C18H22N2O4/c1-10-15(18(21)22)17(19)16-11(20-10)6-5-9-14(16)24-13-8-4-3-7-12(13)23-2/h5-6,9,12-13H,3-4,7-8H2,1-2H3,(H2,19,20)(H,21,22). The third kappa shape index (κ3) is 2.89. The fourth-order valence-corrected chi connectivity index (χ4v) is 3.44. The van der Waals surface area contributed by atoms with E-state index < -0.39 is 5.97 Å². The van der Waals surface area contributed by atoms with Crippen LogP contribution in [0.4, 0.5) is 5.69 Å². The Morgan fingerprint density at radius 1 is 1.29 bits per heavy atom. The van der Waals surface area contributed by atoms with Gasteiger partial charge in [-0.05, 0) is 38.3 Å². The van der Waals surface area contributed by atoms with Crippen LogP contribution in [-0.4, -0.2) is 35.4 Å². The Hall–Kier alpha value is -2.34. The van der Waals surface area contributed by atoms with Crippen LogP contribution in [-0.2, 0) is 4.74 Å². The van der Waals surface area contributed by atoms with E-state index in [4.69, 9.17) is 15.2 Å². The summed E-state index contributed by atoms with van der Waals surface area (Å²) in [7, 11) is 1.69. The molecule has 2 atom stereocenters. The zero-order valence-corrected chi connectivity index (χ0v) is 13.9. The summed E-state index contributed by atoms with van der Waals surface area (Å²) >= 11 is 0. The number of aromatic nitrogens is 1. The SMILES string of the molecule is COC1CCCCC1Oc1cccc2nc(C)c(C(=O)O)c(N)c12. The normalized spacial score (nSPS) is 20.9. The lowest BCUT2D eigenvalue weighted by atomic mass is 9.94. The van der Waals surface area contributed by atoms with Crippen molar-refractivity contribution in [3.63, 3.8) is 0 Å². The molecule has 6 nitrogen and oxygen atoms in total. The molecule has 1 fully saturated rings. The van der Waals surface area contributed by atoms with E-state index in [1.54, 1.807) is 14.0 Å². The topological polar surface area (TPSA) is 94.7 Å². The summed E-state index contributed by atoms with van der Waals surface area (Å²) in [6.07, 6.45) is 4.04. The molecule has 0 amide bonds. The summed E-state index contributed by atoms with van der Waals surface area (Å²) in [5.41, 5.74) is 7.43. The second-order valence-electron chi connectivity index (χ2n) is 6.16. The van der Waals surface area contributed by atoms with Crippen molar-refractivity contribution in [3.05, 3.63) is 29.5 Å². The number of methoxy groups -OCH3 is 1. The number of nitrogen functional groups attached to an aromatic ring is 1. The Bertz CT molecular complexity index is 775. The smallest absolute Gasteiger partial charge is 0.339 e. The number of nitrogens with two attached hydrogens (primary N) is 1. The first-order chi connectivity index (χ1) is 11.5. The Morgan fingerprint density at radius 3 is 2.67 bits per heavy atom. The number of anilines is 1. The molecule has 1 saturated carbocycles. The summed E-state index contributed by atoms with van der Waals surface area (Å²) in [5.74, 6) is -0.518. The average molecular weight is 330 g/mol. The van der Waals surface area contributed by atoms with E-state index in [0.717, 1.165) is 25.7 Å². The molecule has 3 N–H and O–H groups in total. The molecule has 2 unspecified atom stereocenters. The van der Waals surface area contributed by atoms with Crippen LogP contribution in [0.5, 0.6) is 5.75 Å². The fourth-order valence-electron chi connectivity index (χ4n) is 3.44. The third-order valence-electron chi connectivity index (χ3n) is 4.63. The number of hydrogen-bond acceptors (Lipinski definition) is 5. The van der Waals surface area contributed by atoms with Crippen molar-refractivity contribution in [3.8, 4) is 5.75 Å². The molecule has 1 heterocycles. The number of carboxylic acid groups (broad SMARTS) is 1. The number of ether oxygens (including phenoxy) is 2. The van der Waals surface area contributed by atoms with Crippen LogP contribution in [0, 0.1) is 6.92 Å². The molecule has 1 aromatic carbocycles. The number of carbonyl (C=O) groups is 1. The van der Waals surface area contributed by atoms with Crippen molar-refractivity contribution in [2.24, 2.45) is 0 Å². The predicted molar refractivity (Wildman–Crippen MR) is 91.5 cm³/mol. The zero-order valence-electron chi connectivity index (χ0n) is 13.9. The first kappa shape index (κ1) is 16.5. The van der Waals surface area contributed by atoms with Gasteiger partial charge >= 0.3 is 5.97 Å². The van der Waals surface area contributed by atoms with Crippen LogP contribution in [0.1, 0.15) is 41.7 Å². The molecule has 1 aromatic heterocycles. The highest BCUT2D eigenvalue weighted by molar-refractivity contribution is 6.06. The molecule has 24 heavy (non-hydrogen) atoms. The maximum absolute atomic E-state index is 11.5. The van der Waals surface area contributed by atoms with Gasteiger partial charge in [0.2, 0.25) is 0 Å². The van der Waals surface area contributed by atoms with Gasteiger partial charge in [0.25, 0.3) is 0 Å². The molecular weight excluding hydrogens is 308 g/mol. The van der Waals surface area contributed by atoms with E-state index in [1.165, 1.54) is 0 Å². The highest BCUT2D eigenvalue weighted by Gasteiger charge is 2.28. The molecule has 6 heteroatoms. The van der Waals surface area contributed by atoms with Gasteiger partial charge in [0.1, 0.15) is 17.4 Å². The molecular formula is C18H22N2O4. The van der Waals surface area contributed by atoms with Crippen molar-refractivity contribution in [1.29, 1.82) is 0 Å². The zero-order chi connectivity index (χ0) is 17.3. The molecule has 0 saturated heterocycles. The van der Waals surface area contributed by atoms with Gasteiger partial charge in [0.05, 0.1) is 28.4 Å². The Balaban J connectivity index is 2.08. The molecule has 1 aliphatic rings. The number of benzene rings is 1. The number of pyridine rings is 1. The molecule has 0 bridgehead atoms. The second-order valence-corrected chi connectivity index (χ2v) is 6.16. The quantitative estimate of drug-likeness (QED) is 0.894. The minimum absolute atomic E-state index is 0.0329. The third-order valence-corrected chi connectivity index (χ3v) is 4.63. The molecule has 1 aliphatic carbocycles. The molecule has 128 valence electrons. The summed E-state index contributed by atoms with van der Waals surface area (Å²) in [6.45, 7) is 1.65. The highest BCUT2D eigenvalue weighted by atomic mass is 16.5. The largest absolute Gasteiger partial charge is 0.487 e. The minimum Gasteiger partial charge on any atom is -0.487 e. The van der Waals surface area contributed by atoms with Crippen molar-refractivity contribution in [2.45, 2.75) is 44.8 Å². The van der Waals surface area contributed by atoms with Gasteiger partial charge in [0.15, 0.2) is 0 Å². The Labute approximate surface area is 140 Å². The van der Waals surface area contributed by atoms with Crippen molar-refractivity contribution in [2.75, 3.05) is 12.8 Å². The summed E-state index contributed by atoms with van der Waals surface area (Å²) in [6, 6.07) is 5.46. The van der Waals surface area contributed by atoms with Crippen LogP contribution < -0.4 is 10.5 Å². The van der Waals surface area contributed by atoms with Gasteiger partial charge in [-0.3, -0.25) is 4.98 Å². The van der Waals surface area contributed by atoms with Crippen LogP contribution in [0.3, 0.4) is 0 Å². The molecule has 0 spiro atoms. The van der Waals surface area contributed by atoms with Crippen LogP contribution in [0.2, 0.25) is 0 Å². The molecule has 2 aromatic rings. The second kappa shape index (κ2) is 6.65. The van der Waals surface area contributed by atoms with Gasteiger partial charge in [-0.15, -0.1) is 0 Å². The Kier molecular flexibility index (Phi) is 4.57. The summed E-state index contributed by atoms with van der Waals surface area (Å²) in [5, 5.41) is 9.97. The summed E-state index contributed by atoms with van der Waals surface area (Å²) in [4.78, 5) is 15.9. The van der Waals surface area contributed by atoms with E-state index in [-0.39, 0.29) is 23.5 Å². The number of hydrogen-bond donors (Lipinski definition) is 2. The van der Waals surface area contributed by atoms with Crippen LogP contribution in [0.15, 0.2) is 18.2 Å². The number of aryl methyl sites for hydroxylation is 1. The lowest BCUT2D eigenvalue weighted by Gasteiger charge is -2.31. The van der Waals surface area contributed by atoms with Gasteiger partial charge in [-0.25, -0.2) is 4.79 Å². The number of carboxylic acids is 1. The number of aromatic carboxylic acids is 1. The van der Waals surface area contributed by atoms with Crippen molar-refractivity contribution < 1.29 is 19.4 Å². The minimum atomic E-state index is -1.08. The highest BCUT2D eigenvalue weighted by Crippen LogP contribution is 2.35. The monoisotopic (exact) mass is 330 g/mol. The first-order valence-corrected chi connectivity index (χ1v) is 8.14. The van der Waals surface area contributed by atoms with Gasteiger partial charge in [-0.1, -0.05) is 12.5 Å². The van der Waals surface area contributed by atoms with Gasteiger partial charge in [0, 0.05) is 7.11 Å². The maximum atomic E-state index is 11.5. The lowest BCUT2D eigenvalue weighted by molar-refractivity contribution is -0.0223. The van der Waals surface area contributed by atoms with E-state index in [0.29, 0.717) is 22.3 Å². The number of fused-ring (bicyclic) bond motifs is 1.